The average molecular weight is 253 g/mol. The monoisotopic (exact) mass is 253 g/mol. The Kier molecular flexibility index (Phi) is 6.64. The molecule has 0 unspecified atom stereocenters. The molecule has 0 fully saturated rings. The van der Waals surface area contributed by atoms with Crippen LogP contribution in [0.2, 0.25) is 0 Å². The molecule has 0 bridgehead atoms. The van der Waals surface area contributed by atoms with Crippen LogP contribution in [0.1, 0.15) is 13.3 Å². The Bertz CT molecular complexity index is 368. The number of esters is 1. The van der Waals surface area contributed by atoms with E-state index < -0.39 is 0 Å². The van der Waals surface area contributed by atoms with Crippen molar-refractivity contribution in [3.05, 3.63) is 24.3 Å². The minimum atomic E-state index is -0.302. The van der Waals surface area contributed by atoms with E-state index in [2.05, 4.69) is 0 Å². The number of para-hydroxylation sites is 2. The molecule has 1 aromatic carbocycles. The van der Waals surface area contributed by atoms with Crippen molar-refractivity contribution in [2.24, 2.45) is 0 Å². The lowest BCUT2D eigenvalue weighted by Crippen LogP contribution is -2.13. The maximum absolute atomic E-state index is 11.3. The Morgan fingerprint density at radius 2 is 2.00 bits per heavy atom. The first-order chi connectivity index (χ1) is 8.74. The molecule has 0 radical (unpaired) electrons. The highest BCUT2D eigenvalue weighted by Crippen LogP contribution is 2.19. The molecule has 0 atom stereocenters. The highest BCUT2D eigenvalue weighted by molar-refractivity contribution is 5.69. The number of carbonyl (C=O) groups excluding carboxylic acids is 1. The molecule has 0 saturated carbocycles. The van der Waals surface area contributed by atoms with E-state index in [0.717, 1.165) is 0 Å². The second-order valence-electron chi connectivity index (χ2n) is 3.55. The maximum atomic E-state index is 11.3. The first-order valence-corrected chi connectivity index (χ1v) is 5.94. The fraction of sp³-hybridized carbons (Fsp3) is 0.462. The lowest BCUT2D eigenvalue weighted by atomic mass is 10.3. The molecule has 0 heterocycles. The Labute approximate surface area is 107 Å². The first-order valence-electron chi connectivity index (χ1n) is 5.94. The van der Waals surface area contributed by atoms with Gasteiger partial charge in [-0.1, -0.05) is 12.1 Å². The molecule has 1 rings (SSSR count). The normalized spacial score (nSPS) is 10.1. The highest BCUT2D eigenvalue weighted by atomic mass is 16.6. The minimum absolute atomic E-state index is 0.195. The van der Waals surface area contributed by atoms with Crippen molar-refractivity contribution < 1.29 is 19.0 Å². The van der Waals surface area contributed by atoms with Gasteiger partial charge in [0.1, 0.15) is 12.4 Å². The predicted molar refractivity (Wildman–Crippen MR) is 68.4 cm³/mol. The molecular weight excluding hydrogens is 234 g/mol. The van der Waals surface area contributed by atoms with Gasteiger partial charge in [0.2, 0.25) is 0 Å². The molecule has 2 N–H and O–H groups in total. The van der Waals surface area contributed by atoms with Crippen molar-refractivity contribution in [2.45, 2.75) is 13.3 Å². The summed E-state index contributed by atoms with van der Waals surface area (Å²) in [7, 11) is 0. The summed E-state index contributed by atoms with van der Waals surface area (Å²) in [4.78, 5) is 11.3. The molecule has 0 spiro atoms. The summed E-state index contributed by atoms with van der Waals surface area (Å²) in [6.07, 6.45) is 0.195. The van der Waals surface area contributed by atoms with Crippen molar-refractivity contribution in [3.8, 4) is 5.75 Å². The second-order valence-corrected chi connectivity index (χ2v) is 3.55. The second kappa shape index (κ2) is 8.36. The smallest absolute Gasteiger partial charge is 0.309 e. The topological polar surface area (TPSA) is 70.8 Å². The van der Waals surface area contributed by atoms with Crippen LogP contribution in [0, 0.1) is 0 Å². The van der Waals surface area contributed by atoms with Gasteiger partial charge in [0.25, 0.3) is 0 Å². The summed E-state index contributed by atoms with van der Waals surface area (Å²) in [6.45, 7) is 3.46. The van der Waals surface area contributed by atoms with Gasteiger partial charge in [0.15, 0.2) is 0 Å². The Morgan fingerprint density at radius 3 is 2.72 bits per heavy atom. The van der Waals surface area contributed by atoms with Crippen LogP contribution < -0.4 is 10.5 Å². The minimum Gasteiger partial charge on any atom is -0.491 e. The molecule has 0 saturated heterocycles. The Hall–Kier alpha value is -1.75. The first kappa shape index (κ1) is 14.3. The third kappa shape index (κ3) is 5.54. The number of ether oxygens (including phenoxy) is 3. The van der Waals surface area contributed by atoms with Gasteiger partial charge < -0.3 is 19.9 Å². The molecular formula is C13H19NO4. The van der Waals surface area contributed by atoms with Gasteiger partial charge in [-0.25, -0.2) is 0 Å². The quantitative estimate of drug-likeness (QED) is 0.433. The SMILES string of the molecule is CCOCCOC(=O)CCOc1ccccc1N. The van der Waals surface area contributed by atoms with E-state index in [9.17, 15) is 4.79 Å². The van der Waals surface area contributed by atoms with Gasteiger partial charge in [-0.05, 0) is 19.1 Å². The number of carbonyl (C=O) groups is 1. The van der Waals surface area contributed by atoms with Gasteiger partial charge in [-0.15, -0.1) is 0 Å². The van der Waals surface area contributed by atoms with Crippen molar-refractivity contribution >= 4 is 11.7 Å². The van der Waals surface area contributed by atoms with Crippen LogP contribution in [0.3, 0.4) is 0 Å². The molecule has 5 nitrogen and oxygen atoms in total. The zero-order valence-corrected chi connectivity index (χ0v) is 10.6. The molecule has 0 aliphatic rings. The third-order valence-corrected chi connectivity index (χ3v) is 2.18. The summed E-state index contributed by atoms with van der Waals surface area (Å²) < 4.78 is 15.4. The van der Waals surface area contributed by atoms with E-state index in [0.29, 0.717) is 24.7 Å². The van der Waals surface area contributed by atoms with Gasteiger partial charge in [-0.2, -0.15) is 0 Å². The van der Waals surface area contributed by atoms with Gasteiger partial charge >= 0.3 is 5.97 Å². The largest absolute Gasteiger partial charge is 0.491 e. The summed E-state index contributed by atoms with van der Waals surface area (Å²) in [6, 6.07) is 7.15. The van der Waals surface area contributed by atoms with Gasteiger partial charge in [0.05, 0.1) is 25.3 Å². The molecule has 0 amide bonds. The Balaban J connectivity index is 2.14. The van der Waals surface area contributed by atoms with E-state index in [1.54, 1.807) is 12.1 Å². The van der Waals surface area contributed by atoms with Crippen LogP contribution in [-0.2, 0) is 14.3 Å². The van der Waals surface area contributed by atoms with E-state index >= 15 is 0 Å². The van der Waals surface area contributed by atoms with Gasteiger partial charge in [0, 0.05) is 6.61 Å². The van der Waals surface area contributed by atoms with Crippen LogP contribution >= 0.6 is 0 Å². The number of hydrogen-bond donors (Lipinski definition) is 1. The average Bonchev–Trinajstić information content (AvgIpc) is 2.37. The fourth-order valence-corrected chi connectivity index (χ4v) is 1.29. The third-order valence-electron chi connectivity index (χ3n) is 2.18. The van der Waals surface area contributed by atoms with Crippen molar-refractivity contribution in [1.82, 2.24) is 0 Å². The summed E-state index contributed by atoms with van der Waals surface area (Å²) in [5.41, 5.74) is 6.25. The number of benzene rings is 1. The van der Waals surface area contributed by atoms with Crippen molar-refractivity contribution in [1.29, 1.82) is 0 Å². The standard InChI is InChI=1S/C13H19NO4/c1-2-16-9-10-18-13(15)7-8-17-12-6-4-3-5-11(12)14/h3-6H,2,7-10,14H2,1H3. The summed E-state index contributed by atoms with van der Waals surface area (Å²) in [5.74, 6) is 0.281. The van der Waals surface area contributed by atoms with Crippen molar-refractivity contribution in [2.75, 3.05) is 32.2 Å². The number of rotatable bonds is 8. The lowest BCUT2D eigenvalue weighted by Gasteiger charge is -2.08. The van der Waals surface area contributed by atoms with E-state index in [-0.39, 0.29) is 25.6 Å². The number of hydrogen-bond acceptors (Lipinski definition) is 5. The molecule has 18 heavy (non-hydrogen) atoms. The zero-order chi connectivity index (χ0) is 13.2. The van der Waals surface area contributed by atoms with Gasteiger partial charge in [-0.3, -0.25) is 4.79 Å². The number of nitrogens with two attached hydrogens (primary N) is 1. The van der Waals surface area contributed by atoms with Crippen molar-refractivity contribution in [3.63, 3.8) is 0 Å². The Morgan fingerprint density at radius 1 is 1.22 bits per heavy atom. The molecule has 1 aromatic rings. The van der Waals surface area contributed by atoms with Crippen LogP contribution in [0.5, 0.6) is 5.75 Å². The zero-order valence-electron chi connectivity index (χ0n) is 10.6. The summed E-state index contributed by atoms with van der Waals surface area (Å²) in [5, 5.41) is 0. The fourth-order valence-electron chi connectivity index (χ4n) is 1.29. The van der Waals surface area contributed by atoms with E-state index in [1.165, 1.54) is 0 Å². The number of nitrogen functional groups attached to an aromatic ring is 1. The molecule has 0 aromatic heterocycles. The van der Waals surface area contributed by atoms with Crippen LogP contribution in [0.15, 0.2) is 24.3 Å². The molecule has 0 aliphatic carbocycles. The molecule has 5 heteroatoms. The number of anilines is 1. The van der Waals surface area contributed by atoms with Crippen LogP contribution in [0.25, 0.3) is 0 Å². The van der Waals surface area contributed by atoms with Crippen LogP contribution in [0.4, 0.5) is 5.69 Å². The molecule has 100 valence electrons. The predicted octanol–water partition coefficient (Wildman–Crippen LogP) is 1.62. The maximum Gasteiger partial charge on any atom is 0.309 e. The van der Waals surface area contributed by atoms with E-state index in [4.69, 9.17) is 19.9 Å². The lowest BCUT2D eigenvalue weighted by molar-refractivity contribution is -0.145. The molecule has 0 aliphatic heterocycles. The highest BCUT2D eigenvalue weighted by Gasteiger charge is 2.04. The van der Waals surface area contributed by atoms with Crippen LogP contribution in [-0.4, -0.2) is 32.4 Å². The van der Waals surface area contributed by atoms with E-state index in [1.807, 2.05) is 19.1 Å². The summed E-state index contributed by atoms with van der Waals surface area (Å²) >= 11 is 0.